The molecule has 2 rings (SSSR count). The summed E-state index contributed by atoms with van der Waals surface area (Å²) in [5.41, 5.74) is 1.70. The van der Waals surface area contributed by atoms with Gasteiger partial charge in [-0.1, -0.05) is 12.1 Å². The molecule has 0 spiro atoms. The van der Waals surface area contributed by atoms with Gasteiger partial charge in [0.05, 0.1) is 14.2 Å². The third kappa shape index (κ3) is 5.94. The van der Waals surface area contributed by atoms with Crippen molar-refractivity contribution in [3.05, 3.63) is 53.3 Å². The van der Waals surface area contributed by atoms with E-state index in [9.17, 15) is 9.50 Å². The Hall–Kier alpha value is -2.23. The van der Waals surface area contributed by atoms with Crippen molar-refractivity contribution in [3.63, 3.8) is 0 Å². The molecule has 142 valence electrons. The Balaban J connectivity index is 0.00000338. The number of aliphatic imine (C=N–C) groups is 1. The van der Waals surface area contributed by atoms with Crippen LogP contribution in [0.4, 0.5) is 4.39 Å². The molecule has 0 unspecified atom stereocenters. The monoisotopic (exact) mass is 475 g/mol. The first kappa shape index (κ1) is 21.8. The van der Waals surface area contributed by atoms with Crippen LogP contribution >= 0.6 is 24.0 Å². The average Bonchev–Trinajstić information content (AvgIpc) is 2.64. The first-order valence-corrected chi connectivity index (χ1v) is 7.70. The Kier molecular flexibility index (Phi) is 8.97. The lowest BCUT2D eigenvalue weighted by molar-refractivity contribution is 0.354. The highest BCUT2D eigenvalue weighted by Crippen LogP contribution is 2.27. The zero-order valence-electron chi connectivity index (χ0n) is 14.9. The zero-order valence-corrected chi connectivity index (χ0v) is 17.2. The van der Waals surface area contributed by atoms with Crippen molar-refractivity contribution in [1.29, 1.82) is 0 Å². The Morgan fingerprint density at radius 3 is 2.12 bits per heavy atom. The second-order valence-electron chi connectivity index (χ2n) is 5.25. The fraction of sp³-hybridized carbons (Fsp3) is 0.278. The van der Waals surface area contributed by atoms with Gasteiger partial charge in [0.1, 0.15) is 0 Å². The van der Waals surface area contributed by atoms with Crippen LogP contribution in [0.15, 0.2) is 41.4 Å². The minimum absolute atomic E-state index is 0. The van der Waals surface area contributed by atoms with E-state index in [0.29, 0.717) is 36.1 Å². The molecule has 26 heavy (non-hydrogen) atoms. The quantitative estimate of drug-likeness (QED) is 0.341. The number of benzene rings is 2. The summed E-state index contributed by atoms with van der Waals surface area (Å²) in [6.07, 6.45) is 0. The summed E-state index contributed by atoms with van der Waals surface area (Å²) in [4.78, 5) is 4.13. The highest BCUT2D eigenvalue weighted by atomic mass is 127. The molecule has 2 aromatic rings. The van der Waals surface area contributed by atoms with Gasteiger partial charge in [-0.05, 0) is 35.4 Å². The molecular formula is C18H23FIN3O3. The van der Waals surface area contributed by atoms with Gasteiger partial charge in [-0.25, -0.2) is 4.39 Å². The topological polar surface area (TPSA) is 75.1 Å². The Labute approximate surface area is 169 Å². The summed E-state index contributed by atoms with van der Waals surface area (Å²) in [7, 11) is 4.83. The lowest BCUT2D eigenvalue weighted by atomic mass is 10.2. The van der Waals surface area contributed by atoms with Crippen LogP contribution in [-0.4, -0.2) is 32.3 Å². The number of hydrogen-bond donors (Lipinski definition) is 3. The number of phenolic OH excluding ortho intramolecular Hbond substituents is 1. The highest BCUT2D eigenvalue weighted by molar-refractivity contribution is 14.0. The fourth-order valence-corrected chi connectivity index (χ4v) is 2.24. The smallest absolute Gasteiger partial charge is 0.191 e. The Morgan fingerprint density at radius 2 is 1.58 bits per heavy atom. The molecule has 2 aromatic carbocycles. The Morgan fingerprint density at radius 1 is 1.00 bits per heavy atom. The van der Waals surface area contributed by atoms with E-state index >= 15 is 0 Å². The molecule has 0 heterocycles. The summed E-state index contributed by atoms with van der Waals surface area (Å²) < 4.78 is 23.8. The number of rotatable bonds is 6. The molecule has 0 saturated carbocycles. The molecule has 0 bridgehead atoms. The van der Waals surface area contributed by atoms with Crippen molar-refractivity contribution >= 4 is 29.9 Å². The number of aromatic hydroxyl groups is 1. The van der Waals surface area contributed by atoms with Crippen molar-refractivity contribution in [2.45, 2.75) is 13.1 Å². The van der Waals surface area contributed by atoms with Crippen LogP contribution in [0.25, 0.3) is 0 Å². The third-order valence-electron chi connectivity index (χ3n) is 3.60. The predicted octanol–water partition coefficient (Wildman–Crippen LogP) is 3.03. The maximum Gasteiger partial charge on any atom is 0.191 e. The summed E-state index contributed by atoms with van der Waals surface area (Å²) in [6.45, 7) is 0.909. The number of methoxy groups -OCH3 is 2. The molecule has 3 N–H and O–H groups in total. The van der Waals surface area contributed by atoms with Gasteiger partial charge in [0, 0.05) is 20.1 Å². The molecule has 0 aliphatic carbocycles. The van der Waals surface area contributed by atoms with Gasteiger partial charge in [-0.2, -0.15) is 0 Å². The summed E-state index contributed by atoms with van der Waals surface area (Å²) in [5, 5.41) is 15.5. The van der Waals surface area contributed by atoms with Gasteiger partial charge in [0.2, 0.25) is 0 Å². The van der Waals surface area contributed by atoms with Gasteiger partial charge in [-0.15, -0.1) is 24.0 Å². The van der Waals surface area contributed by atoms with Crippen molar-refractivity contribution in [3.8, 4) is 17.2 Å². The number of halogens is 2. The maximum atomic E-state index is 13.3. The van der Waals surface area contributed by atoms with Crippen molar-refractivity contribution < 1.29 is 19.0 Å². The molecule has 0 aliphatic rings. The first-order chi connectivity index (χ1) is 12.1. The Bertz CT molecular complexity index is 756. The molecule has 0 atom stereocenters. The standard InChI is InChI=1S/C18H22FN3O3.HI/c1-20-18(21-10-12-4-6-15(23)14(19)8-12)22-11-13-5-7-16(24-2)17(9-13)25-3;/h4-9,23H,10-11H2,1-3H3,(H2,20,21,22);1H. The number of guanidine groups is 1. The van der Waals surface area contributed by atoms with E-state index in [1.54, 1.807) is 27.3 Å². The number of hydrogen-bond acceptors (Lipinski definition) is 4. The van der Waals surface area contributed by atoms with E-state index in [2.05, 4.69) is 15.6 Å². The molecule has 0 aromatic heterocycles. The molecule has 0 aliphatic heterocycles. The summed E-state index contributed by atoms with van der Waals surface area (Å²) in [6, 6.07) is 9.90. The first-order valence-electron chi connectivity index (χ1n) is 7.70. The van der Waals surface area contributed by atoms with Crippen molar-refractivity contribution in [1.82, 2.24) is 10.6 Å². The molecule has 0 radical (unpaired) electrons. The van der Waals surface area contributed by atoms with Crippen LogP contribution in [0, 0.1) is 5.82 Å². The zero-order chi connectivity index (χ0) is 18.2. The van der Waals surface area contributed by atoms with E-state index in [1.807, 2.05) is 18.2 Å². The fourth-order valence-electron chi connectivity index (χ4n) is 2.24. The van der Waals surface area contributed by atoms with Crippen molar-refractivity contribution in [2.75, 3.05) is 21.3 Å². The van der Waals surface area contributed by atoms with Crippen LogP contribution in [0.5, 0.6) is 17.2 Å². The lowest BCUT2D eigenvalue weighted by Crippen LogP contribution is -2.36. The maximum absolute atomic E-state index is 13.3. The molecule has 0 amide bonds. The molecule has 6 nitrogen and oxygen atoms in total. The van der Waals surface area contributed by atoms with Gasteiger partial charge in [0.25, 0.3) is 0 Å². The largest absolute Gasteiger partial charge is 0.505 e. The molecular weight excluding hydrogens is 452 g/mol. The van der Waals surface area contributed by atoms with Gasteiger partial charge < -0.3 is 25.2 Å². The van der Waals surface area contributed by atoms with Crippen LogP contribution in [0.3, 0.4) is 0 Å². The number of ether oxygens (including phenoxy) is 2. The third-order valence-corrected chi connectivity index (χ3v) is 3.60. The second kappa shape index (κ2) is 10.7. The van der Waals surface area contributed by atoms with E-state index in [0.717, 1.165) is 5.56 Å². The van der Waals surface area contributed by atoms with Gasteiger partial charge in [-0.3, -0.25) is 4.99 Å². The summed E-state index contributed by atoms with van der Waals surface area (Å²) in [5.74, 6) is 0.892. The van der Waals surface area contributed by atoms with E-state index in [4.69, 9.17) is 9.47 Å². The predicted molar refractivity (Wildman–Crippen MR) is 110 cm³/mol. The van der Waals surface area contributed by atoms with Crippen molar-refractivity contribution in [2.24, 2.45) is 4.99 Å². The van der Waals surface area contributed by atoms with E-state index < -0.39 is 5.82 Å². The lowest BCUT2D eigenvalue weighted by Gasteiger charge is -2.13. The molecule has 0 fully saturated rings. The number of nitrogens with one attached hydrogen (secondary N) is 2. The average molecular weight is 475 g/mol. The minimum atomic E-state index is -0.646. The van der Waals surface area contributed by atoms with Gasteiger partial charge >= 0.3 is 0 Å². The normalized spacial score (nSPS) is 10.7. The second-order valence-corrected chi connectivity index (χ2v) is 5.25. The van der Waals surface area contributed by atoms with Gasteiger partial charge in [0.15, 0.2) is 29.0 Å². The van der Waals surface area contributed by atoms with Crippen LogP contribution < -0.4 is 20.1 Å². The molecule has 8 heteroatoms. The number of phenols is 1. The van der Waals surface area contributed by atoms with Crippen LogP contribution in [0.1, 0.15) is 11.1 Å². The van der Waals surface area contributed by atoms with E-state index in [1.165, 1.54) is 12.1 Å². The van der Waals surface area contributed by atoms with Crippen LogP contribution in [-0.2, 0) is 13.1 Å². The summed E-state index contributed by atoms with van der Waals surface area (Å²) >= 11 is 0. The molecule has 0 saturated heterocycles. The van der Waals surface area contributed by atoms with Crippen LogP contribution in [0.2, 0.25) is 0 Å². The minimum Gasteiger partial charge on any atom is -0.505 e. The highest BCUT2D eigenvalue weighted by Gasteiger charge is 2.06. The number of nitrogens with zero attached hydrogens (tertiary/aromatic N) is 1. The SMILES string of the molecule is CN=C(NCc1ccc(O)c(F)c1)NCc1ccc(OC)c(OC)c1.I. The van der Waals surface area contributed by atoms with E-state index in [-0.39, 0.29) is 29.7 Å².